The van der Waals surface area contributed by atoms with Gasteiger partial charge in [-0.2, -0.15) is 0 Å². The summed E-state index contributed by atoms with van der Waals surface area (Å²) in [6.07, 6.45) is 1.78. The number of ether oxygens (including phenoxy) is 1. The molecule has 0 bridgehead atoms. The zero-order valence-corrected chi connectivity index (χ0v) is 12.6. The Labute approximate surface area is 122 Å². The van der Waals surface area contributed by atoms with E-state index in [0.717, 1.165) is 34.4 Å². The zero-order valence-electron chi connectivity index (χ0n) is 11.0. The third-order valence-corrected chi connectivity index (χ3v) is 3.52. The number of hydrogen-bond acceptors (Lipinski definition) is 3. The molecule has 0 saturated heterocycles. The molecule has 2 aromatic rings. The predicted molar refractivity (Wildman–Crippen MR) is 78.7 cm³/mol. The molecule has 3 nitrogen and oxygen atoms in total. The van der Waals surface area contributed by atoms with Crippen LogP contribution in [-0.2, 0) is 24.5 Å². The van der Waals surface area contributed by atoms with Gasteiger partial charge in [0.1, 0.15) is 12.4 Å². The number of rotatable bonds is 7. The Hall–Kier alpha value is -1.10. The first-order valence-corrected chi connectivity index (χ1v) is 7.17. The molecular weight excluding hydrogens is 306 g/mol. The van der Waals surface area contributed by atoms with Crippen molar-refractivity contribution < 1.29 is 9.15 Å². The largest absolute Gasteiger partial charge is 0.467 e. The van der Waals surface area contributed by atoms with Crippen LogP contribution in [0.3, 0.4) is 0 Å². The summed E-state index contributed by atoms with van der Waals surface area (Å²) < 4.78 is 12.2. The van der Waals surface area contributed by atoms with Gasteiger partial charge in [0, 0.05) is 16.6 Å². The van der Waals surface area contributed by atoms with Gasteiger partial charge in [0.2, 0.25) is 0 Å². The van der Waals surface area contributed by atoms with Gasteiger partial charge < -0.3 is 14.5 Å². The number of halogens is 1. The molecule has 1 aromatic heterocycles. The normalized spacial score (nSPS) is 10.8. The molecule has 4 heteroatoms. The fourth-order valence-corrected chi connectivity index (χ4v) is 2.14. The van der Waals surface area contributed by atoms with Gasteiger partial charge in [0.15, 0.2) is 0 Å². The van der Waals surface area contributed by atoms with E-state index >= 15 is 0 Å². The van der Waals surface area contributed by atoms with Gasteiger partial charge >= 0.3 is 0 Å². The highest BCUT2D eigenvalue weighted by Gasteiger charge is 2.03. The molecule has 0 atom stereocenters. The lowest BCUT2D eigenvalue weighted by Gasteiger charge is -2.04. The molecule has 0 amide bonds. The minimum atomic E-state index is 0.494. The third-order valence-electron chi connectivity index (χ3n) is 2.75. The Morgan fingerprint density at radius 2 is 2.11 bits per heavy atom. The van der Waals surface area contributed by atoms with Gasteiger partial charge in [0.05, 0.1) is 12.9 Å². The fraction of sp³-hybridized carbons (Fsp3) is 0.333. The van der Waals surface area contributed by atoms with E-state index in [9.17, 15) is 0 Å². The Morgan fingerprint density at radius 3 is 2.89 bits per heavy atom. The van der Waals surface area contributed by atoms with Crippen molar-refractivity contribution in [2.45, 2.75) is 26.7 Å². The van der Waals surface area contributed by atoms with Crippen LogP contribution in [0.15, 0.2) is 45.5 Å². The van der Waals surface area contributed by atoms with Crippen molar-refractivity contribution in [1.29, 1.82) is 0 Å². The summed E-state index contributed by atoms with van der Waals surface area (Å²) in [5.41, 5.74) is 2.29. The van der Waals surface area contributed by atoms with Crippen molar-refractivity contribution in [2.75, 3.05) is 6.54 Å². The van der Waals surface area contributed by atoms with Gasteiger partial charge in [-0.25, -0.2) is 0 Å². The van der Waals surface area contributed by atoms with Gasteiger partial charge in [-0.05, 0) is 24.2 Å². The molecule has 0 aliphatic carbocycles. The molecule has 102 valence electrons. The molecule has 2 rings (SSSR count). The molecule has 0 unspecified atom stereocenters. The lowest BCUT2D eigenvalue weighted by Crippen LogP contribution is -2.10. The van der Waals surface area contributed by atoms with E-state index < -0.39 is 0 Å². The predicted octanol–water partition coefficient (Wildman–Crippen LogP) is 3.87. The van der Waals surface area contributed by atoms with Crippen molar-refractivity contribution in [3.63, 3.8) is 0 Å². The fourth-order valence-electron chi connectivity index (χ4n) is 1.74. The second-order valence-electron chi connectivity index (χ2n) is 4.29. The number of benzene rings is 1. The summed E-state index contributed by atoms with van der Waals surface area (Å²) >= 11 is 3.50. The average Bonchev–Trinajstić information content (AvgIpc) is 2.86. The van der Waals surface area contributed by atoms with E-state index in [4.69, 9.17) is 9.15 Å². The maximum atomic E-state index is 5.66. The topological polar surface area (TPSA) is 34.4 Å². The molecule has 0 aliphatic rings. The van der Waals surface area contributed by atoms with Gasteiger partial charge in [0.25, 0.3) is 0 Å². The molecule has 1 aromatic carbocycles. The highest BCUT2D eigenvalue weighted by Crippen LogP contribution is 2.17. The van der Waals surface area contributed by atoms with Crippen LogP contribution in [0.1, 0.15) is 23.8 Å². The molecular formula is C15H18BrNO2. The first-order valence-electron chi connectivity index (χ1n) is 6.37. The Balaban J connectivity index is 1.79. The van der Waals surface area contributed by atoms with Crippen LogP contribution >= 0.6 is 15.9 Å². The molecule has 1 heterocycles. The van der Waals surface area contributed by atoms with Crippen LogP contribution in [0.25, 0.3) is 0 Å². The van der Waals surface area contributed by atoms with Crippen LogP contribution < -0.4 is 5.32 Å². The van der Waals surface area contributed by atoms with Crippen molar-refractivity contribution in [3.8, 4) is 0 Å². The zero-order chi connectivity index (χ0) is 13.5. The maximum Gasteiger partial charge on any atom is 0.129 e. The highest BCUT2D eigenvalue weighted by atomic mass is 79.9. The minimum Gasteiger partial charge on any atom is -0.467 e. The first-order chi connectivity index (χ1) is 9.29. The Kier molecular flexibility index (Phi) is 5.63. The molecule has 0 spiro atoms. The summed E-state index contributed by atoms with van der Waals surface area (Å²) in [4.78, 5) is 0. The molecule has 0 radical (unpaired) electrons. The SMILES string of the molecule is CCNCc1coc(COCc2ccccc2Br)c1. The average molecular weight is 324 g/mol. The smallest absolute Gasteiger partial charge is 0.129 e. The van der Waals surface area contributed by atoms with E-state index in [2.05, 4.69) is 28.2 Å². The maximum absolute atomic E-state index is 5.66. The van der Waals surface area contributed by atoms with Crippen molar-refractivity contribution >= 4 is 15.9 Å². The van der Waals surface area contributed by atoms with Gasteiger partial charge in [-0.15, -0.1) is 0 Å². The number of nitrogens with one attached hydrogen (secondary N) is 1. The minimum absolute atomic E-state index is 0.494. The monoisotopic (exact) mass is 323 g/mol. The van der Waals surface area contributed by atoms with Crippen molar-refractivity contribution in [1.82, 2.24) is 5.32 Å². The summed E-state index contributed by atoms with van der Waals surface area (Å²) in [5.74, 6) is 0.861. The van der Waals surface area contributed by atoms with Gasteiger partial charge in [-0.3, -0.25) is 0 Å². The molecule has 19 heavy (non-hydrogen) atoms. The summed E-state index contributed by atoms with van der Waals surface area (Å²) in [6.45, 7) is 4.95. The lowest BCUT2D eigenvalue weighted by atomic mass is 10.2. The van der Waals surface area contributed by atoms with E-state index in [1.54, 1.807) is 6.26 Å². The van der Waals surface area contributed by atoms with Crippen molar-refractivity contribution in [3.05, 3.63) is 58.0 Å². The van der Waals surface area contributed by atoms with Crippen molar-refractivity contribution in [2.24, 2.45) is 0 Å². The van der Waals surface area contributed by atoms with Crippen LogP contribution in [0.4, 0.5) is 0 Å². The number of furan rings is 1. The van der Waals surface area contributed by atoms with E-state index in [1.165, 1.54) is 0 Å². The van der Waals surface area contributed by atoms with Crippen LogP contribution in [0, 0.1) is 0 Å². The molecule has 1 N–H and O–H groups in total. The van der Waals surface area contributed by atoms with Crippen LogP contribution in [0.5, 0.6) is 0 Å². The van der Waals surface area contributed by atoms with E-state index in [1.807, 2.05) is 30.3 Å². The molecule has 0 fully saturated rings. The lowest BCUT2D eigenvalue weighted by molar-refractivity contribution is 0.0926. The van der Waals surface area contributed by atoms with Crippen LogP contribution in [-0.4, -0.2) is 6.54 Å². The molecule has 0 aliphatic heterocycles. The number of hydrogen-bond donors (Lipinski definition) is 1. The van der Waals surface area contributed by atoms with E-state index in [-0.39, 0.29) is 0 Å². The third kappa shape index (κ3) is 4.49. The second-order valence-corrected chi connectivity index (χ2v) is 5.14. The summed E-state index contributed by atoms with van der Waals surface area (Å²) in [5, 5.41) is 3.26. The standard InChI is InChI=1S/C15H18BrNO2/c1-2-17-8-12-7-14(19-9-12)11-18-10-13-5-3-4-6-15(13)16/h3-7,9,17H,2,8,10-11H2,1H3. The quantitative estimate of drug-likeness (QED) is 0.840. The summed E-state index contributed by atoms with van der Waals surface area (Å²) in [6, 6.07) is 10.1. The van der Waals surface area contributed by atoms with Crippen LogP contribution in [0.2, 0.25) is 0 Å². The highest BCUT2D eigenvalue weighted by molar-refractivity contribution is 9.10. The first kappa shape index (κ1) is 14.3. The Bertz CT molecular complexity index is 510. The molecule has 0 saturated carbocycles. The van der Waals surface area contributed by atoms with Gasteiger partial charge in [-0.1, -0.05) is 41.1 Å². The Morgan fingerprint density at radius 1 is 1.26 bits per heavy atom. The van der Waals surface area contributed by atoms with E-state index in [0.29, 0.717) is 13.2 Å². The summed E-state index contributed by atoms with van der Waals surface area (Å²) in [7, 11) is 0. The second kappa shape index (κ2) is 7.48.